The minimum absolute atomic E-state index is 0.0224. The SMILES string of the molecule is CCN(CC)C(=O)c1cc(N2CCC(C)(O)CC2)ccn1. The molecule has 1 aromatic heterocycles. The maximum absolute atomic E-state index is 12.3. The standard InChI is InChI=1S/C16H25N3O2/c1-4-18(5-2)15(20)14-12-13(6-9-17-14)19-10-7-16(3,21)8-11-19/h6,9,12,21H,4-5,7-8,10-11H2,1-3H3. The van der Waals surface area contributed by atoms with Gasteiger partial charge in [-0.25, -0.2) is 0 Å². The van der Waals surface area contributed by atoms with Crippen molar-refractivity contribution in [1.82, 2.24) is 9.88 Å². The summed E-state index contributed by atoms with van der Waals surface area (Å²) in [6, 6.07) is 3.79. The van der Waals surface area contributed by atoms with Crippen LogP contribution in [0.25, 0.3) is 0 Å². The molecule has 0 aliphatic carbocycles. The Morgan fingerprint density at radius 2 is 2.00 bits per heavy atom. The fraction of sp³-hybridized carbons (Fsp3) is 0.625. The molecule has 1 aromatic rings. The first kappa shape index (κ1) is 15.8. The summed E-state index contributed by atoms with van der Waals surface area (Å²) in [6.45, 7) is 8.80. The lowest BCUT2D eigenvalue weighted by Gasteiger charge is -2.37. The molecule has 1 aliphatic heterocycles. The van der Waals surface area contributed by atoms with Crippen molar-refractivity contribution >= 4 is 11.6 Å². The van der Waals surface area contributed by atoms with Crippen LogP contribution in [-0.4, -0.2) is 52.7 Å². The number of pyridine rings is 1. The van der Waals surface area contributed by atoms with E-state index >= 15 is 0 Å². The number of amides is 1. The molecule has 1 aliphatic rings. The van der Waals surface area contributed by atoms with Gasteiger partial charge >= 0.3 is 0 Å². The van der Waals surface area contributed by atoms with E-state index < -0.39 is 5.60 Å². The number of nitrogens with zero attached hydrogens (tertiary/aromatic N) is 3. The van der Waals surface area contributed by atoms with Gasteiger partial charge in [-0.1, -0.05) is 0 Å². The number of rotatable bonds is 4. The second-order valence-electron chi connectivity index (χ2n) is 5.86. The van der Waals surface area contributed by atoms with Crippen LogP contribution < -0.4 is 4.90 Å². The quantitative estimate of drug-likeness (QED) is 0.921. The molecule has 0 unspecified atom stereocenters. The predicted molar refractivity (Wildman–Crippen MR) is 83.6 cm³/mol. The summed E-state index contributed by atoms with van der Waals surface area (Å²) in [5.74, 6) is -0.0224. The van der Waals surface area contributed by atoms with Gasteiger partial charge in [0.05, 0.1) is 5.60 Å². The molecule has 21 heavy (non-hydrogen) atoms. The van der Waals surface area contributed by atoms with E-state index in [4.69, 9.17) is 0 Å². The van der Waals surface area contributed by atoms with Crippen molar-refractivity contribution in [2.45, 2.75) is 39.2 Å². The molecule has 1 saturated heterocycles. The molecule has 116 valence electrons. The van der Waals surface area contributed by atoms with Gasteiger partial charge in [0.1, 0.15) is 5.69 Å². The van der Waals surface area contributed by atoms with E-state index in [-0.39, 0.29) is 5.91 Å². The molecule has 0 aromatic carbocycles. The Bertz CT molecular complexity index is 488. The lowest BCUT2D eigenvalue weighted by atomic mass is 9.93. The van der Waals surface area contributed by atoms with Crippen LogP contribution in [0.5, 0.6) is 0 Å². The van der Waals surface area contributed by atoms with Crippen LogP contribution in [0.3, 0.4) is 0 Å². The first-order valence-electron chi connectivity index (χ1n) is 7.69. The zero-order chi connectivity index (χ0) is 15.5. The van der Waals surface area contributed by atoms with Gasteiger partial charge < -0.3 is 14.9 Å². The third kappa shape index (κ3) is 3.73. The summed E-state index contributed by atoms with van der Waals surface area (Å²) in [5, 5.41) is 10.0. The normalized spacial score (nSPS) is 17.6. The van der Waals surface area contributed by atoms with Crippen LogP contribution in [0.15, 0.2) is 18.3 Å². The van der Waals surface area contributed by atoms with Gasteiger partial charge in [-0.05, 0) is 45.7 Å². The Balaban J connectivity index is 2.13. The van der Waals surface area contributed by atoms with Crippen LogP contribution in [0, 0.1) is 0 Å². The number of hydrogen-bond donors (Lipinski definition) is 1. The number of carbonyl (C=O) groups is 1. The van der Waals surface area contributed by atoms with Gasteiger partial charge in [0.2, 0.25) is 0 Å². The molecule has 2 rings (SSSR count). The predicted octanol–water partition coefficient (Wildman–Crippen LogP) is 1.91. The highest BCUT2D eigenvalue weighted by molar-refractivity contribution is 5.93. The lowest BCUT2D eigenvalue weighted by molar-refractivity contribution is 0.0351. The van der Waals surface area contributed by atoms with Crippen molar-refractivity contribution in [1.29, 1.82) is 0 Å². The molecule has 0 radical (unpaired) electrons. The summed E-state index contributed by atoms with van der Waals surface area (Å²) in [5.41, 5.74) is 0.938. The van der Waals surface area contributed by atoms with Crippen molar-refractivity contribution in [2.24, 2.45) is 0 Å². The molecular weight excluding hydrogens is 266 g/mol. The van der Waals surface area contributed by atoms with Crippen LogP contribution in [0.1, 0.15) is 44.1 Å². The van der Waals surface area contributed by atoms with E-state index in [1.807, 2.05) is 32.9 Å². The minimum atomic E-state index is -0.566. The maximum Gasteiger partial charge on any atom is 0.272 e. The van der Waals surface area contributed by atoms with Gasteiger partial charge in [0.25, 0.3) is 5.91 Å². The zero-order valence-electron chi connectivity index (χ0n) is 13.2. The Kier molecular flexibility index (Phi) is 4.83. The Labute approximate surface area is 126 Å². The second-order valence-corrected chi connectivity index (χ2v) is 5.86. The molecule has 0 bridgehead atoms. The van der Waals surface area contributed by atoms with E-state index in [1.165, 1.54) is 0 Å². The fourth-order valence-electron chi connectivity index (χ4n) is 2.65. The zero-order valence-corrected chi connectivity index (χ0v) is 13.2. The highest BCUT2D eigenvalue weighted by Crippen LogP contribution is 2.26. The average molecular weight is 291 g/mol. The third-order valence-electron chi connectivity index (χ3n) is 4.22. The van der Waals surface area contributed by atoms with Gasteiger partial charge in [-0.3, -0.25) is 9.78 Å². The number of anilines is 1. The number of carbonyl (C=O) groups excluding carboxylic acids is 1. The third-order valence-corrected chi connectivity index (χ3v) is 4.22. The molecule has 1 fully saturated rings. The monoisotopic (exact) mass is 291 g/mol. The number of aromatic nitrogens is 1. The molecule has 5 heteroatoms. The summed E-state index contributed by atoms with van der Waals surface area (Å²) >= 11 is 0. The number of hydrogen-bond acceptors (Lipinski definition) is 4. The topological polar surface area (TPSA) is 56.7 Å². The van der Waals surface area contributed by atoms with E-state index in [0.29, 0.717) is 18.8 Å². The second kappa shape index (κ2) is 6.43. The molecule has 5 nitrogen and oxygen atoms in total. The smallest absolute Gasteiger partial charge is 0.272 e. The molecule has 0 spiro atoms. The largest absolute Gasteiger partial charge is 0.390 e. The molecular formula is C16H25N3O2. The highest BCUT2D eigenvalue weighted by Gasteiger charge is 2.27. The van der Waals surface area contributed by atoms with Crippen molar-refractivity contribution in [3.63, 3.8) is 0 Å². The summed E-state index contributed by atoms with van der Waals surface area (Å²) in [4.78, 5) is 20.5. The molecule has 0 saturated carbocycles. The van der Waals surface area contributed by atoms with Crippen LogP contribution in [0.4, 0.5) is 5.69 Å². The van der Waals surface area contributed by atoms with E-state index in [1.54, 1.807) is 11.1 Å². The Hall–Kier alpha value is -1.62. The molecule has 1 N–H and O–H groups in total. The van der Waals surface area contributed by atoms with Gasteiger partial charge in [-0.2, -0.15) is 0 Å². The van der Waals surface area contributed by atoms with E-state index in [9.17, 15) is 9.90 Å². The molecule has 2 heterocycles. The molecule has 1 amide bonds. The maximum atomic E-state index is 12.3. The molecule has 0 atom stereocenters. The summed E-state index contributed by atoms with van der Waals surface area (Å²) < 4.78 is 0. The van der Waals surface area contributed by atoms with Crippen molar-refractivity contribution in [3.8, 4) is 0 Å². The average Bonchev–Trinajstić information content (AvgIpc) is 2.48. The minimum Gasteiger partial charge on any atom is -0.390 e. The number of aliphatic hydroxyl groups is 1. The van der Waals surface area contributed by atoms with Gasteiger partial charge in [-0.15, -0.1) is 0 Å². The Morgan fingerprint density at radius 1 is 1.38 bits per heavy atom. The van der Waals surface area contributed by atoms with Gasteiger partial charge in [0, 0.05) is 38.1 Å². The van der Waals surface area contributed by atoms with Crippen LogP contribution >= 0.6 is 0 Å². The van der Waals surface area contributed by atoms with Crippen molar-refractivity contribution < 1.29 is 9.90 Å². The first-order valence-corrected chi connectivity index (χ1v) is 7.69. The van der Waals surface area contributed by atoms with Crippen LogP contribution in [0.2, 0.25) is 0 Å². The van der Waals surface area contributed by atoms with Crippen LogP contribution in [-0.2, 0) is 0 Å². The highest BCUT2D eigenvalue weighted by atomic mass is 16.3. The summed E-state index contributed by atoms with van der Waals surface area (Å²) in [7, 11) is 0. The van der Waals surface area contributed by atoms with E-state index in [0.717, 1.165) is 31.6 Å². The Morgan fingerprint density at radius 3 is 2.57 bits per heavy atom. The van der Waals surface area contributed by atoms with Gasteiger partial charge in [0.15, 0.2) is 0 Å². The summed E-state index contributed by atoms with van der Waals surface area (Å²) in [6.07, 6.45) is 3.18. The first-order chi connectivity index (χ1) is 9.96. The fourth-order valence-corrected chi connectivity index (χ4v) is 2.65. The number of piperidine rings is 1. The lowest BCUT2D eigenvalue weighted by Crippen LogP contribution is -2.42. The van der Waals surface area contributed by atoms with Crippen molar-refractivity contribution in [3.05, 3.63) is 24.0 Å². The van der Waals surface area contributed by atoms with Crippen molar-refractivity contribution in [2.75, 3.05) is 31.1 Å². The van der Waals surface area contributed by atoms with E-state index in [2.05, 4.69) is 9.88 Å².